The fraction of sp³-hybridized carbons (Fsp3) is 0.857. The van der Waals surface area contributed by atoms with Gasteiger partial charge in [0.05, 0.1) is 13.1 Å². The third-order valence-corrected chi connectivity index (χ3v) is 4.14. The minimum atomic E-state index is -0.993. The van der Waals surface area contributed by atoms with Crippen LogP contribution in [0, 0.1) is 11.3 Å². The fourth-order valence-electron chi connectivity index (χ4n) is 1.85. The number of carbonyl (C=O) groups excluding carboxylic acids is 1. The molecule has 20 heavy (non-hydrogen) atoms. The van der Waals surface area contributed by atoms with Gasteiger partial charge in [-0.25, -0.2) is 9.59 Å². The summed E-state index contributed by atoms with van der Waals surface area (Å²) in [6.07, 6.45) is 0. The number of nitrogens with one attached hydrogen (secondary N) is 1. The topological polar surface area (TPSA) is 78.9 Å². The molecule has 1 aliphatic heterocycles. The molecule has 0 radical (unpaired) electrons. The van der Waals surface area contributed by atoms with Crippen molar-refractivity contribution in [2.75, 3.05) is 26.2 Å². The quantitative estimate of drug-likeness (QED) is 0.776. The molecule has 1 rings (SSSR count). The predicted octanol–water partition coefficient (Wildman–Crippen LogP) is 1.55. The normalized spacial score (nSPS) is 17.8. The van der Waals surface area contributed by atoms with Gasteiger partial charge in [-0.15, -0.1) is 0 Å². The summed E-state index contributed by atoms with van der Waals surface area (Å²) in [5.74, 6) is -0.517. The number of urea groups is 1. The van der Waals surface area contributed by atoms with E-state index in [0.29, 0.717) is 25.6 Å². The molecule has 2 N–H and O–H groups in total. The van der Waals surface area contributed by atoms with Gasteiger partial charge >= 0.3 is 12.0 Å². The van der Waals surface area contributed by atoms with Gasteiger partial charge in [-0.05, 0) is 18.3 Å². The van der Waals surface area contributed by atoms with E-state index in [1.54, 1.807) is 4.90 Å². The van der Waals surface area contributed by atoms with Gasteiger partial charge in [0.1, 0.15) is 12.2 Å². The molecule has 0 unspecified atom stereocenters. The smallest absolute Gasteiger partial charge is 0.329 e. The molecule has 0 spiro atoms. The number of rotatable bonds is 6. The number of hydrogen-bond donors (Lipinski definition) is 2. The first-order valence-electron chi connectivity index (χ1n) is 6.94. The minimum Gasteiger partial charge on any atom is -0.480 e. The first-order chi connectivity index (χ1) is 9.06. The zero-order valence-electron chi connectivity index (χ0n) is 13.0. The summed E-state index contributed by atoms with van der Waals surface area (Å²) in [6.45, 7) is 11.5. The van der Waals surface area contributed by atoms with Crippen molar-refractivity contribution in [2.24, 2.45) is 11.3 Å². The van der Waals surface area contributed by atoms with Crippen LogP contribution in [0.15, 0.2) is 0 Å². The molecule has 2 amide bonds. The van der Waals surface area contributed by atoms with E-state index in [9.17, 15) is 9.59 Å². The molecule has 0 saturated carbocycles. The van der Waals surface area contributed by atoms with Crippen molar-refractivity contribution in [3.8, 4) is 0 Å². The van der Waals surface area contributed by atoms with Gasteiger partial charge in [0.2, 0.25) is 0 Å². The van der Waals surface area contributed by atoms with Gasteiger partial charge < -0.3 is 20.1 Å². The Morgan fingerprint density at radius 1 is 1.40 bits per heavy atom. The maximum absolute atomic E-state index is 12.0. The standard InChI is InChI=1S/C14H26N2O4/c1-10(2)13(3,4)7-15-12(19)16-8-14(5,9-16)20-6-11(17)18/h10H,6-9H2,1-5H3,(H,15,19)(H,17,18). The molecule has 0 aromatic heterocycles. The lowest BCUT2D eigenvalue weighted by atomic mass is 9.81. The third kappa shape index (κ3) is 4.37. The number of nitrogens with zero attached hydrogens (tertiary/aromatic N) is 1. The number of hydrogen-bond acceptors (Lipinski definition) is 3. The van der Waals surface area contributed by atoms with Crippen LogP contribution in [-0.4, -0.2) is 53.8 Å². The van der Waals surface area contributed by atoms with Crippen LogP contribution in [0.2, 0.25) is 0 Å². The lowest BCUT2D eigenvalue weighted by Gasteiger charge is -2.47. The van der Waals surface area contributed by atoms with E-state index in [1.807, 2.05) is 6.92 Å². The predicted molar refractivity (Wildman–Crippen MR) is 75.6 cm³/mol. The molecular weight excluding hydrogens is 260 g/mol. The van der Waals surface area contributed by atoms with Crippen LogP contribution in [0.1, 0.15) is 34.6 Å². The van der Waals surface area contributed by atoms with Gasteiger partial charge in [0.15, 0.2) is 0 Å². The van der Waals surface area contributed by atoms with E-state index in [-0.39, 0.29) is 18.1 Å². The second kappa shape index (κ2) is 5.99. The highest BCUT2D eigenvalue weighted by Gasteiger charge is 2.43. The molecule has 0 aromatic carbocycles. The number of ether oxygens (including phenoxy) is 1. The number of carboxylic acid groups (broad SMARTS) is 1. The van der Waals surface area contributed by atoms with E-state index in [1.165, 1.54) is 0 Å². The van der Waals surface area contributed by atoms with Gasteiger partial charge in [-0.2, -0.15) is 0 Å². The second-order valence-corrected chi connectivity index (χ2v) is 6.79. The molecule has 0 aliphatic carbocycles. The Morgan fingerprint density at radius 3 is 2.40 bits per heavy atom. The Balaban J connectivity index is 2.33. The van der Waals surface area contributed by atoms with Crippen molar-refractivity contribution < 1.29 is 19.4 Å². The van der Waals surface area contributed by atoms with Gasteiger partial charge in [0.25, 0.3) is 0 Å². The van der Waals surface area contributed by atoms with Crippen LogP contribution in [0.4, 0.5) is 4.79 Å². The molecule has 1 aliphatic rings. The Labute approximate surface area is 120 Å². The average Bonchev–Trinajstić information content (AvgIpc) is 2.29. The number of amides is 2. The summed E-state index contributed by atoms with van der Waals surface area (Å²) in [5.41, 5.74) is -0.493. The number of likely N-dealkylation sites (tertiary alicyclic amines) is 1. The van der Waals surface area contributed by atoms with Crippen molar-refractivity contribution in [1.29, 1.82) is 0 Å². The van der Waals surface area contributed by atoms with Crippen molar-refractivity contribution in [3.63, 3.8) is 0 Å². The third-order valence-electron chi connectivity index (χ3n) is 4.14. The Bertz CT molecular complexity index is 373. The lowest BCUT2D eigenvalue weighted by molar-refractivity contribution is -0.159. The minimum absolute atomic E-state index is 0.0453. The first kappa shape index (κ1) is 16.8. The van der Waals surface area contributed by atoms with Crippen molar-refractivity contribution in [3.05, 3.63) is 0 Å². The number of carbonyl (C=O) groups is 2. The number of aliphatic carboxylic acids is 1. The van der Waals surface area contributed by atoms with Crippen LogP contribution in [-0.2, 0) is 9.53 Å². The Hall–Kier alpha value is -1.30. The summed E-state index contributed by atoms with van der Waals surface area (Å²) in [7, 11) is 0. The van der Waals surface area contributed by atoms with Crippen LogP contribution in [0.25, 0.3) is 0 Å². The number of carboxylic acids is 1. The van der Waals surface area contributed by atoms with E-state index < -0.39 is 11.6 Å². The first-order valence-corrected chi connectivity index (χ1v) is 6.94. The van der Waals surface area contributed by atoms with E-state index in [2.05, 4.69) is 33.0 Å². The highest BCUT2D eigenvalue weighted by molar-refractivity contribution is 5.75. The molecule has 1 fully saturated rings. The summed E-state index contributed by atoms with van der Waals surface area (Å²) in [5, 5.41) is 11.5. The van der Waals surface area contributed by atoms with Crippen LogP contribution < -0.4 is 5.32 Å². The average molecular weight is 286 g/mol. The molecule has 0 atom stereocenters. The Morgan fingerprint density at radius 2 is 1.95 bits per heavy atom. The highest BCUT2D eigenvalue weighted by Crippen LogP contribution is 2.26. The summed E-state index contributed by atoms with van der Waals surface area (Å²) < 4.78 is 5.27. The van der Waals surface area contributed by atoms with Crippen molar-refractivity contribution >= 4 is 12.0 Å². The van der Waals surface area contributed by atoms with Crippen LogP contribution in [0.5, 0.6) is 0 Å². The highest BCUT2D eigenvalue weighted by atomic mass is 16.5. The largest absolute Gasteiger partial charge is 0.480 e. The second-order valence-electron chi connectivity index (χ2n) is 6.79. The molecule has 0 bridgehead atoms. The van der Waals surface area contributed by atoms with Crippen LogP contribution in [0.3, 0.4) is 0 Å². The molecule has 6 heteroatoms. The molecule has 116 valence electrons. The Kier molecular flexibility index (Phi) is 5.02. The van der Waals surface area contributed by atoms with Crippen LogP contribution >= 0.6 is 0 Å². The summed E-state index contributed by atoms with van der Waals surface area (Å²) >= 11 is 0. The maximum atomic E-state index is 12.0. The monoisotopic (exact) mass is 286 g/mol. The zero-order chi connectivity index (χ0) is 15.6. The molecule has 6 nitrogen and oxygen atoms in total. The fourth-order valence-corrected chi connectivity index (χ4v) is 1.85. The lowest BCUT2D eigenvalue weighted by Crippen LogP contribution is -2.65. The van der Waals surface area contributed by atoms with Crippen molar-refractivity contribution in [1.82, 2.24) is 10.2 Å². The van der Waals surface area contributed by atoms with Crippen molar-refractivity contribution in [2.45, 2.75) is 40.2 Å². The summed E-state index contributed by atoms with van der Waals surface area (Å²) in [4.78, 5) is 24.1. The molecule has 1 heterocycles. The van der Waals surface area contributed by atoms with E-state index in [0.717, 1.165) is 0 Å². The molecule has 1 saturated heterocycles. The van der Waals surface area contributed by atoms with Gasteiger partial charge in [0, 0.05) is 6.54 Å². The SMILES string of the molecule is CC(C)C(C)(C)CNC(=O)N1CC(C)(OCC(=O)O)C1. The van der Waals surface area contributed by atoms with E-state index in [4.69, 9.17) is 9.84 Å². The van der Waals surface area contributed by atoms with Gasteiger partial charge in [-0.3, -0.25) is 0 Å². The maximum Gasteiger partial charge on any atom is 0.329 e. The zero-order valence-corrected chi connectivity index (χ0v) is 13.0. The summed E-state index contributed by atoms with van der Waals surface area (Å²) in [6, 6.07) is -0.116. The van der Waals surface area contributed by atoms with Gasteiger partial charge in [-0.1, -0.05) is 27.7 Å². The molecular formula is C14H26N2O4. The molecule has 0 aromatic rings. The van der Waals surface area contributed by atoms with E-state index >= 15 is 0 Å².